The van der Waals surface area contributed by atoms with Crippen molar-refractivity contribution in [2.45, 2.75) is 250 Å². The van der Waals surface area contributed by atoms with E-state index in [1.54, 1.807) is 0 Å². The van der Waals surface area contributed by atoms with Gasteiger partial charge < -0.3 is 39.0 Å². The molecule has 1 rings (SSSR count). The molecule has 81 heavy (non-hydrogen) atoms. The molecule has 1 aliphatic rings. The van der Waals surface area contributed by atoms with Crippen LogP contribution < -0.4 is 0 Å². The minimum Gasteiger partial charge on any atom is -0.479 e. The van der Waals surface area contributed by atoms with Gasteiger partial charge in [-0.3, -0.25) is 14.4 Å². The summed E-state index contributed by atoms with van der Waals surface area (Å²) in [5.74, 6) is -3.26. The van der Waals surface area contributed by atoms with Crippen molar-refractivity contribution in [3.63, 3.8) is 0 Å². The Hall–Kier alpha value is -5.40. The molecular weight excluding hydrogens is 1020 g/mol. The van der Waals surface area contributed by atoms with Crippen LogP contribution in [0.2, 0.25) is 0 Å². The lowest BCUT2D eigenvalue weighted by Crippen LogP contribution is -2.61. The number of aliphatic hydroxyl groups is 2. The molecule has 0 aromatic heterocycles. The predicted octanol–water partition coefficient (Wildman–Crippen LogP) is 16.3. The van der Waals surface area contributed by atoms with Gasteiger partial charge in [-0.15, -0.1) is 0 Å². The van der Waals surface area contributed by atoms with Crippen LogP contribution in [0.3, 0.4) is 0 Å². The van der Waals surface area contributed by atoms with Gasteiger partial charge in [-0.1, -0.05) is 212 Å². The Morgan fingerprint density at radius 2 is 0.753 bits per heavy atom. The van der Waals surface area contributed by atoms with Gasteiger partial charge in [0.15, 0.2) is 24.6 Å². The molecule has 3 N–H and O–H groups in total. The third-order valence-electron chi connectivity index (χ3n) is 12.9. The molecule has 12 heteroatoms. The zero-order valence-electron chi connectivity index (χ0n) is 50.0. The summed E-state index contributed by atoms with van der Waals surface area (Å²) in [5, 5.41) is 31.5. The molecule has 0 amide bonds. The lowest BCUT2D eigenvalue weighted by Gasteiger charge is -2.40. The van der Waals surface area contributed by atoms with Gasteiger partial charge in [0.25, 0.3) is 0 Å². The molecule has 1 fully saturated rings. The number of carbonyl (C=O) groups excluding carboxylic acids is 3. The molecular formula is C69H106O12. The number of rotatable bonds is 50. The number of esters is 3. The Labute approximate surface area is 489 Å². The molecule has 0 aromatic rings. The highest BCUT2D eigenvalue weighted by Gasteiger charge is 2.50. The Balaban J connectivity index is 2.74. The third-order valence-corrected chi connectivity index (χ3v) is 12.9. The second-order valence-electron chi connectivity index (χ2n) is 20.2. The van der Waals surface area contributed by atoms with Crippen LogP contribution in [-0.4, -0.2) is 89.2 Å². The molecule has 0 bridgehead atoms. The maximum Gasteiger partial charge on any atom is 0.335 e. The molecule has 6 atom stereocenters. The van der Waals surface area contributed by atoms with Crippen LogP contribution in [0.4, 0.5) is 0 Å². The summed E-state index contributed by atoms with van der Waals surface area (Å²) in [6.07, 6.45) is 66.7. The number of aliphatic hydroxyl groups excluding tert-OH is 2. The number of hydrogen-bond acceptors (Lipinski definition) is 11. The van der Waals surface area contributed by atoms with Crippen LogP contribution >= 0.6 is 0 Å². The maximum absolute atomic E-state index is 13.2. The SMILES string of the molecule is CC/C=C\C/C=C\C/C=C\C/C=C\C/C=C\CCCC(=O)OC1C(OCC(COC(=O)CCCCCCCC/C=C\C/C=C\C/C=C\C/C=C\CC)OC(=O)CCCCCCC/C=C\C/C=C\C/C=C\CC)OC(C(=O)O)C(O)C1O. The topological polar surface area (TPSA) is 175 Å². The Morgan fingerprint density at radius 1 is 0.407 bits per heavy atom. The van der Waals surface area contributed by atoms with E-state index in [4.69, 9.17) is 23.7 Å². The van der Waals surface area contributed by atoms with Crippen molar-refractivity contribution in [3.05, 3.63) is 146 Å². The molecule has 0 aliphatic carbocycles. The van der Waals surface area contributed by atoms with E-state index >= 15 is 0 Å². The van der Waals surface area contributed by atoms with Crippen molar-refractivity contribution in [1.29, 1.82) is 0 Å². The molecule has 0 radical (unpaired) electrons. The zero-order chi connectivity index (χ0) is 58.9. The first kappa shape index (κ1) is 73.6. The van der Waals surface area contributed by atoms with Gasteiger partial charge in [0.1, 0.15) is 18.8 Å². The molecule has 0 aromatic carbocycles. The summed E-state index contributed by atoms with van der Waals surface area (Å²) >= 11 is 0. The molecule has 1 saturated heterocycles. The van der Waals surface area contributed by atoms with Crippen molar-refractivity contribution in [1.82, 2.24) is 0 Å². The quantitative estimate of drug-likeness (QED) is 0.0228. The van der Waals surface area contributed by atoms with E-state index in [0.717, 1.165) is 148 Å². The van der Waals surface area contributed by atoms with E-state index in [1.807, 2.05) is 12.2 Å². The Kier molecular flexibility index (Phi) is 50.1. The maximum atomic E-state index is 13.2. The van der Waals surface area contributed by atoms with E-state index in [1.165, 1.54) is 0 Å². The number of allylic oxidation sites excluding steroid dienone is 24. The standard InChI is InChI=1S/C69H106O12/c1-4-7-10-13-16-19-22-25-28-30-31-33-35-37-40-43-46-49-52-55-61(70)77-58-60(79-62(71)56-53-50-47-44-41-38-34-27-24-21-18-15-12-9-6-3)59-78-69-67(65(74)64(73)66(81-69)68(75)76)80-63(72)57-54-51-48-45-42-39-36-32-29-26-23-20-17-14-11-8-5-2/h7-12,16-21,25-29,31,33-34,36,39,45,48,60,64-67,69,73-74H,4-6,13-15,22-24,30,32,35,37-38,40-44,46-47,49-59H2,1-3H3,(H,75,76)/b10-7-,11-8-,12-9-,19-16-,20-17-,21-18-,28-25-,29-26-,33-31-,34-27-,39-36-,48-45-. The molecule has 0 saturated carbocycles. The summed E-state index contributed by atoms with van der Waals surface area (Å²) in [7, 11) is 0. The highest BCUT2D eigenvalue weighted by molar-refractivity contribution is 5.74. The third kappa shape index (κ3) is 44.9. The van der Waals surface area contributed by atoms with Crippen molar-refractivity contribution in [2.24, 2.45) is 0 Å². The minimum absolute atomic E-state index is 0.0297. The van der Waals surface area contributed by atoms with E-state index < -0.39 is 67.3 Å². The van der Waals surface area contributed by atoms with Crippen LogP contribution in [0.15, 0.2) is 146 Å². The lowest BCUT2D eigenvalue weighted by molar-refractivity contribution is -0.301. The average molecular weight is 1130 g/mol. The summed E-state index contributed by atoms with van der Waals surface area (Å²) in [6.45, 7) is 5.59. The van der Waals surface area contributed by atoms with Gasteiger partial charge in [-0.2, -0.15) is 0 Å². The molecule has 1 aliphatic heterocycles. The van der Waals surface area contributed by atoms with E-state index in [2.05, 4.69) is 154 Å². The fourth-order valence-electron chi connectivity index (χ4n) is 8.29. The van der Waals surface area contributed by atoms with Gasteiger partial charge in [0.05, 0.1) is 6.61 Å². The number of ether oxygens (including phenoxy) is 5. The Morgan fingerprint density at radius 3 is 1.16 bits per heavy atom. The molecule has 12 nitrogen and oxygen atoms in total. The van der Waals surface area contributed by atoms with Crippen LogP contribution in [-0.2, 0) is 42.9 Å². The summed E-state index contributed by atoms with van der Waals surface area (Å²) in [4.78, 5) is 51.2. The molecule has 6 unspecified atom stereocenters. The highest BCUT2D eigenvalue weighted by Crippen LogP contribution is 2.26. The van der Waals surface area contributed by atoms with Crippen LogP contribution in [0.5, 0.6) is 0 Å². The second kappa shape index (κ2) is 55.2. The van der Waals surface area contributed by atoms with Crippen molar-refractivity contribution in [3.8, 4) is 0 Å². The first-order valence-corrected chi connectivity index (χ1v) is 30.8. The smallest absolute Gasteiger partial charge is 0.335 e. The molecule has 454 valence electrons. The fraction of sp³-hybridized carbons (Fsp3) is 0.594. The fourth-order valence-corrected chi connectivity index (χ4v) is 8.29. The number of carboxylic acid groups (broad SMARTS) is 1. The monoisotopic (exact) mass is 1130 g/mol. The normalized spacial score (nSPS) is 18.8. The summed E-state index contributed by atoms with van der Waals surface area (Å²) in [5.41, 5.74) is 0. The van der Waals surface area contributed by atoms with Crippen molar-refractivity contribution < 1.29 is 58.2 Å². The first-order chi connectivity index (χ1) is 39.6. The molecule has 0 spiro atoms. The van der Waals surface area contributed by atoms with Gasteiger partial charge in [0.2, 0.25) is 0 Å². The summed E-state index contributed by atoms with van der Waals surface area (Å²) in [6, 6.07) is 0. The van der Waals surface area contributed by atoms with Crippen molar-refractivity contribution in [2.75, 3.05) is 13.2 Å². The zero-order valence-corrected chi connectivity index (χ0v) is 50.0. The number of hydrogen-bond donors (Lipinski definition) is 3. The van der Waals surface area contributed by atoms with Gasteiger partial charge in [0, 0.05) is 19.3 Å². The van der Waals surface area contributed by atoms with Crippen LogP contribution in [0, 0.1) is 0 Å². The van der Waals surface area contributed by atoms with Gasteiger partial charge >= 0.3 is 23.9 Å². The van der Waals surface area contributed by atoms with Crippen LogP contribution in [0.25, 0.3) is 0 Å². The highest BCUT2D eigenvalue weighted by atomic mass is 16.7. The van der Waals surface area contributed by atoms with Gasteiger partial charge in [-0.05, 0) is 128 Å². The first-order valence-electron chi connectivity index (χ1n) is 30.8. The van der Waals surface area contributed by atoms with E-state index in [0.29, 0.717) is 25.7 Å². The average Bonchev–Trinajstić information content (AvgIpc) is 3.53. The van der Waals surface area contributed by atoms with E-state index in [9.17, 15) is 34.5 Å². The van der Waals surface area contributed by atoms with Crippen molar-refractivity contribution >= 4 is 23.9 Å². The largest absolute Gasteiger partial charge is 0.479 e. The predicted molar refractivity (Wildman–Crippen MR) is 330 cm³/mol. The molecule has 1 heterocycles. The second-order valence-corrected chi connectivity index (χ2v) is 20.2. The minimum atomic E-state index is -1.94. The number of carbonyl (C=O) groups is 4. The number of aliphatic carboxylic acids is 1. The number of unbranched alkanes of at least 4 members (excludes halogenated alkanes) is 12. The number of carboxylic acids is 1. The van der Waals surface area contributed by atoms with E-state index in [-0.39, 0.29) is 25.9 Å². The summed E-state index contributed by atoms with van der Waals surface area (Å²) < 4.78 is 28.4. The van der Waals surface area contributed by atoms with Gasteiger partial charge in [-0.25, -0.2) is 4.79 Å². The Bertz CT molecular complexity index is 1960. The van der Waals surface area contributed by atoms with Crippen LogP contribution in [0.1, 0.15) is 213 Å². The lowest BCUT2D eigenvalue weighted by atomic mass is 9.98.